The Kier molecular flexibility index (Phi) is 5.66. The first-order valence-corrected chi connectivity index (χ1v) is 11.0. The molecule has 5 heterocycles. The maximum absolute atomic E-state index is 13.8. The molecule has 3 atom stereocenters. The van der Waals surface area contributed by atoms with Crippen LogP contribution in [0.1, 0.15) is 40.9 Å². The highest BCUT2D eigenvalue weighted by Gasteiger charge is 2.45. The molecule has 34 heavy (non-hydrogen) atoms. The number of halogens is 3. The van der Waals surface area contributed by atoms with E-state index in [1.54, 1.807) is 37.6 Å². The van der Waals surface area contributed by atoms with Crippen LogP contribution < -0.4 is 4.74 Å². The molecule has 3 fully saturated rings. The Balaban J connectivity index is 1.41. The highest BCUT2D eigenvalue weighted by molar-refractivity contribution is 6.01. The average molecular weight is 469 g/mol. The molecule has 1 amide bonds. The zero-order valence-corrected chi connectivity index (χ0v) is 18.4. The van der Waals surface area contributed by atoms with Crippen LogP contribution in [-0.4, -0.2) is 49.4 Å². The van der Waals surface area contributed by atoms with Crippen molar-refractivity contribution in [2.45, 2.75) is 44.5 Å². The molecular formula is C24H22F3N5O2. The third kappa shape index (κ3) is 4.20. The third-order valence-corrected chi connectivity index (χ3v) is 6.48. The topological polar surface area (TPSA) is 81.1 Å². The lowest BCUT2D eigenvalue weighted by Crippen LogP contribution is -2.59. The van der Waals surface area contributed by atoms with Gasteiger partial charge in [0.15, 0.2) is 5.82 Å². The van der Waals surface area contributed by atoms with E-state index < -0.39 is 11.7 Å². The number of piperidine rings is 2. The molecule has 2 saturated heterocycles. The van der Waals surface area contributed by atoms with Crippen molar-refractivity contribution in [2.75, 3.05) is 6.54 Å². The molecule has 2 aliphatic heterocycles. The molecule has 7 nitrogen and oxygen atoms in total. The quantitative estimate of drug-likeness (QED) is 0.566. The van der Waals surface area contributed by atoms with Crippen LogP contribution in [-0.2, 0) is 6.18 Å². The van der Waals surface area contributed by atoms with Crippen molar-refractivity contribution in [3.05, 3.63) is 65.9 Å². The zero-order valence-electron chi connectivity index (χ0n) is 18.4. The summed E-state index contributed by atoms with van der Waals surface area (Å²) in [6, 6.07) is 5.41. The highest BCUT2D eigenvalue weighted by atomic mass is 19.4. The van der Waals surface area contributed by atoms with Crippen molar-refractivity contribution in [3.8, 4) is 17.3 Å². The predicted molar refractivity (Wildman–Crippen MR) is 116 cm³/mol. The van der Waals surface area contributed by atoms with Gasteiger partial charge in [-0.3, -0.25) is 9.78 Å². The van der Waals surface area contributed by atoms with E-state index in [4.69, 9.17) is 4.74 Å². The van der Waals surface area contributed by atoms with Gasteiger partial charge in [-0.05, 0) is 50.3 Å². The largest absolute Gasteiger partial charge is 0.472 e. The zero-order chi connectivity index (χ0) is 23.9. The Morgan fingerprint density at radius 2 is 1.85 bits per heavy atom. The Bertz CT molecular complexity index is 1190. The molecular weight excluding hydrogens is 447 g/mol. The minimum absolute atomic E-state index is 0.119. The lowest BCUT2D eigenvalue weighted by molar-refractivity contribution is -0.137. The first-order valence-electron chi connectivity index (χ1n) is 11.0. The fraction of sp³-hybridized carbons (Fsp3) is 0.375. The molecule has 0 spiro atoms. The average Bonchev–Trinajstić information content (AvgIpc) is 2.84. The summed E-state index contributed by atoms with van der Waals surface area (Å²) in [5, 5.41) is 0. The van der Waals surface area contributed by atoms with Crippen LogP contribution >= 0.6 is 0 Å². The van der Waals surface area contributed by atoms with Crippen molar-refractivity contribution < 1.29 is 22.7 Å². The van der Waals surface area contributed by atoms with Crippen LogP contribution in [0, 0.1) is 12.8 Å². The fourth-order valence-corrected chi connectivity index (χ4v) is 4.87. The van der Waals surface area contributed by atoms with Gasteiger partial charge in [0.2, 0.25) is 5.88 Å². The number of alkyl halides is 3. The Morgan fingerprint density at radius 1 is 1.06 bits per heavy atom. The molecule has 6 rings (SSSR count). The van der Waals surface area contributed by atoms with Crippen LogP contribution in [0.15, 0.2) is 49.1 Å². The second kappa shape index (κ2) is 8.66. The SMILES string of the molecule is Cc1nccc(-c2ncccn2)c1C(=O)N1CC2CCC1C(Oc1ccc(C(F)(F)F)cn1)C2. The lowest BCUT2D eigenvalue weighted by atomic mass is 9.77. The van der Waals surface area contributed by atoms with Crippen LogP contribution in [0.4, 0.5) is 13.2 Å². The van der Waals surface area contributed by atoms with Crippen molar-refractivity contribution in [3.63, 3.8) is 0 Å². The summed E-state index contributed by atoms with van der Waals surface area (Å²) >= 11 is 0. The number of fused-ring (bicyclic) bond motifs is 3. The van der Waals surface area contributed by atoms with E-state index in [0.717, 1.165) is 31.5 Å². The first-order chi connectivity index (χ1) is 16.3. The molecule has 3 unspecified atom stereocenters. The highest BCUT2D eigenvalue weighted by Crippen LogP contribution is 2.39. The summed E-state index contributed by atoms with van der Waals surface area (Å²) in [6.07, 6.45) is 3.26. The number of hydrogen-bond acceptors (Lipinski definition) is 6. The molecule has 1 saturated carbocycles. The van der Waals surface area contributed by atoms with E-state index in [0.29, 0.717) is 29.2 Å². The van der Waals surface area contributed by atoms with Gasteiger partial charge in [-0.1, -0.05) is 0 Å². The van der Waals surface area contributed by atoms with Crippen molar-refractivity contribution >= 4 is 5.91 Å². The van der Waals surface area contributed by atoms with E-state index in [1.165, 1.54) is 6.07 Å². The smallest absolute Gasteiger partial charge is 0.417 e. The number of nitrogens with zero attached hydrogens (tertiary/aromatic N) is 5. The first kappa shape index (κ1) is 22.2. The number of carbonyl (C=O) groups is 1. The van der Waals surface area contributed by atoms with Crippen molar-refractivity contribution in [1.82, 2.24) is 24.8 Å². The Morgan fingerprint density at radius 3 is 2.53 bits per heavy atom. The molecule has 3 aromatic rings. The fourth-order valence-electron chi connectivity index (χ4n) is 4.87. The van der Waals surface area contributed by atoms with Gasteiger partial charge in [0, 0.05) is 43.0 Å². The molecule has 0 N–H and O–H groups in total. The molecule has 0 aromatic carbocycles. The van der Waals surface area contributed by atoms with Crippen LogP contribution in [0.3, 0.4) is 0 Å². The molecule has 10 heteroatoms. The van der Waals surface area contributed by atoms with E-state index in [-0.39, 0.29) is 29.9 Å². The predicted octanol–water partition coefficient (Wildman–Crippen LogP) is 4.33. The lowest BCUT2D eigenvalue weighted by Gasteiger charge is -2.49. The van der Waals surface area contributed by atoms with Gasteiger partial charge >= 0.3 is 6.18 Å². The number of pyridine rings is 2. The summed E-state index contributed by atoms with van der Waals surface area (Å²) in [5.74, 6) is 0.632. The number of hydrogen-bond donors (Lipinski definition) is 0. The number of amides is 1. The normalized spacial score (nSPS) is 22.0. The summed E-state index contributed by atoms with van der Waals surface area (Å²) in [7, 11) is 0. The number of rotatable bonds is 4. The minimum Gasteiger partial charge on any atom is -0.472 e. The molecule has 3 aliphatic rings. The van der Waals surface area contributed by atoms with Gasteiger partial charge in [-0.25, -0.2) is 15.0 Å². The summed E-state index contributed by atoms with van der Waals surface area (Å²) in [4.78, 5) is 32.4. The number of aromatic nitrogens is 4. The van der Waals surface area contributed by atoms with E-state index in [2.05, 4.69) is 19.9 Å². The summed E-state index contributed by atoms with van der Waals surface area (Å²) in [6.45, 7) is 2.37. The molecule has 2 bridgehead atoms. The van der Waals surface area contributed by atoms with Crippen molar-refractivity contribution in [2.24, 2.45) is 5.92 Å². The van der Waals surface area contributed by atoms with Gasteiger partial charge in [-0.15, -0.1) is 0 Å². The van der Waals surface area contributed by atoms with Gasteiger partial charge in [0.05, 0.1) is 22.9 Å². The standard InChI is InChI=1S/C24H22F3N5O2/c1-14-21(17(7-10-28-14)22-29-8-2-9-30-22)23(33)32-13-15-3-5-18(32)19(11-15)34-20-6-4-16(12-31-20)24(25,26)27/h2,4,6-10,12,15,18-19H,3,5,11,13H2,1H3. The van der Waals surface area contributed by atoms with Gasteiger partial charge in [0.25, 0.3) is 5.91 Å². The molecule has 0 radical (unpaired) electrons. The Labute approximate surface area is 194 Å². The maximum Gasteiger partial charge on any atom is 0.417 e. The summed E-state index contributed by atoms with van der Waals surface area (Å²) in [5.41, 5.74) is 0.817. The van der Waals surface area contributed by atoms with E-state index in [9.17, 15) is 18.0 Å². The second-order valence-electron chi connectivity index (χ2n) is 8.63. The number of carbonyl (C=O) groups excluding carboxylic acids is 1. The monoisotopic (exact) mass is 469 g/mol. The molecule has 176 valence electrons. The van der Waals surface area contributed by atoms with Gasteiger partial charge < -0.3 is 9.64 Å². The molecule has 1 aliphatic carbocycles. The van der Waals surface area contributed by atoms with Crippen LogP contribution in [0.2, 0.25) is 0 Å². The van der Waals surface area contributed by atoms with Crippen LogP contribution in [0.25, 0.3) is 11.4 Å². The summed E-state index contributed by atoms with van der Waals surface area (Å²) < 4.78 is 44.6. The van der Waals surface area contributed by atoms with E-state index in [1.807, 2.05) is 4.90 Å². The number of ether oxygens (including phenoxy) is 1. The number of aryl methyl sites for hydroxylation is 1. The second-order valence-corrected chi connectivity index (χ2v) is 8.63. The third-order valence-electron chi connectivity index (χ3n) is 6.48. The van der Waals surface area contributed by atoms with Gasteiger partial charge in [0.1, 0.15) is 6.10 Å². The Hall–Kier alpha value is -3.56. The maximum atomic E-state index is 13.8. The van der Waals surface area contributed by atoms with Crippen molar-refractivity contribution in [1.29, 1.82) is 0 Å². The van der Waals surface area contributed by atoms with Gasteiger partial charge in [-0.2, -0.15) is 13.2 Å². The molecule has 3 aromatic heterocycles. The van der Waals surface area contributed by atoms with E-state index >= 15 is 0 Å². The minimum atomic E-state index is -4.46. The van der Waals surface area contributed by atoms with Crippen LogP contribution in [0.5, 0.6) is 5.88 Å².